The van der Waals surface area contributed by atoms with Gasteiger partial charge in [-0.15, -0.1) is 5.10 Å². The summed E-state index contributed by atoms with van der Waals surface area (Å²) in [6, 6.07) is 26.6. The van der Waals surface area contributed by atoms with Gasteiger partial charge in [-0.05, 0) is 57.0 Å². The summed E-state index contributed by atoms with van der Waals surface area (Å²) >= 11 is 0. The van der Waals surface area contributed by atoms with Gasteiger partial charge in [0.15, 0.2) is 5.82 Å². The average Bonchev–Trinajstić information content (AvgIpc) is 3.26. The highest BCUT2D eigenvalue weighted by Gasteiger charge is 2.00. The number of H-pyrrole nitrogens is 1. The van der Waals surface area contributed by atoms with E-state index in [0.29, 0.717) is 12.4 Å². The summed E-state index contributed by atoms with van der Waals surface area (Å²) in [5, 5.41) is 13.6. The number of aromatic amines is 1. The number of hydrogen-bond acceptors (Lipinski definition) is 4. The van der Waals surface area contributed by atoms with Gasteiger partial charge in [0.1, 0.15) is 12.4 Å². The maximum atomic E-state index is 5.93. The third-order valence-corrected chi connectivity index (χ3v) is 4.11. The van der Waals surface area contributed by atoms with Crippen LogP contribution in [-0.2, 0) is 6.61 Å². The topological polar surface area (TPSA) is 63.7 Å². The molecule has 0 saturated carbocycles. The van der Waals surface area contributed by atoms with Crippen LogP contribution in [0.4, 0.5) is 0 Å². The summed E-state index contributed by atoms with van der Waals surface area (Å²) in [7, 11) is 0. The molecular formula is C22H18N4O. The van der Waals surface area contributed by atoms with Crippen molar-refractivity contribution in [2.75, 3.05) is 0 Å². The molecule has 0 atom stereocenters. The third-order valence-electron chi connectivity index (χ3n) is 4.11. The number of hydrogen-bond donors (Lipinski definition) is 1. The highest BCUT2D eigenvalue weighted by molar-refractivity contribution is 5.66. The van der Waals surface area contributed by atoms with E-state index in [9.17, 15) is 0 Å². The maximum absolute atomic E-state index is 5.93. The average molecular weight is 354 g/mol. The number of nitrogens with zero attached hydrogens (tertiary/aromatic N) is 3. The lowest BCUT2D eigenvalue weighted by atomic mass is 10.1. The minimum atomic E-state index is 0.510. The van der Waals surface area contributed by atoms with Crippen molar-refractivity contribution in [3.63, 3.8) is 0 Å². The molecule has 0 unspecified atom stereocenters. The Morgan fingerprint density at radius 3 is 2.41 bits per heavy atom. The monoisotopic (exact) mass is 354 g/mol. The smallest absolute Gasteiger partial charge is 0.172 e. The molecular weight excluding hydrogens is 336 g/mol. The molecule has 132 valence electrons. The number of nitrogens with one attached hydrogen (secondary N) is 1. The Labute approximate surface area is 157 Å². The van der Waals surface area contributed by atoms with E-state index < -0.39 is 0 Å². The second-order valence-electron chi connectivity index (χ2n) is 6.04. The number of ether oxygens (including phenoxy) is 1. The van der Waals surface area contributed by atoms with Crippen molar-refractivity contribution in [3.8, 4) is 16.9 Å². The van der Waals surface area contributed by atoms with Gasteiger partial charge in [0.05, 0.1) is 0 Å². The fourth-order valence-corrected chi connectivity index (χ4v) is 2.74. The summed E-state index contributed by atoms with van der Waals surface area (Å²) in [6.07, 6.45) is 3.79. The minimum absolute atomic E-state index is 0.510. The van der Waals surface area contributed by atoms with Gasteiger partial charge < -0.3 is 4.74 Å². The Kier molecular flexibility index (Phi) is 5.02. The molecule has 0 aliphatic rings. The van der Waals surface area contributed by atoms with Crippen LogP contribution in [0.15, 0.2) is 78.9 Å². The van der Waals surface area contributed by atoms with E-state index in [1.165, 1.54) is 11.1 Å². The lowest BCUT2D eigenvalue weighted by Gasteiger charge is -2.08. The van der Waals surface area contributed by atoms with Crippen LogP contribution in [0.1, 0.15) is 17.0 Å². The van der Waals surface area contributed by atoms with E-state index in [1.807, 2.05) is 60.7 Å². The standard InChI is InChI=1S/C22H18N4O/c1-2-7-19(8-3-1)20-10-12-21(13-11-20)27-16-18-6-4-5-17(15-18)9-14-22-23-25-26-24-22/h1-15H,16H2,(H,23,24,25,26). The van der Waals surface area contributed by atoms with Crippen molar-refractivity contribution in [1.82, 2.24) is 20.6 Å². The van der Waals surface area contributed by atoms with Gasteiger partial charge in [0, 0.05) is 0 Å². The van der Waals surface area contributed by atoms with Crippen molar-refractivity contribution < 1.29 is 4.74 Å². The molecule has 1 N–H and O–H groups in total. The lowest BCUT2D eigenvalue weighted by molar-refractivity contribution is 0.306. The molecule has 1 aromatic heterocycles. The van der Waals surface area contributed by atoms with Crippen molar-refractivity contribution >= 4 is 12.2 Å². The van der Waals surface area contributed by atoms with Crippen LogP contribution in [0.5, 0.6) is 5.75 Å². The zero-order chi connectivity index (χ0) is 18.3. The second kappa shape index (κ2) is 8.10. The molecule has 0 aliphatic heterocycles. The van der Waals surface area contributed by atoms with E-state index >= 15 is 0 Å². The molecule has 27 heavy (non-hydrogen) atoms. The van der Waals surface area contributed by atoms with Crippen LogP contribution >= 0.6 is 0 Å². The van der Waals surface area contributed by atoms with Crippen molar-refractivity contribution in [2.45, 2.75) is 6.61 Å². The quantitative estimate of drug-likeness (QED) is 0.549. The Bertz CT molecular complexity index is 1010. The van der Waals surface area contributed by atoms with Gasteiger partial charge in [0.2, 0.25) is 0 Å². The first kappa shape index (κ1) is 16.7. The van der Waals surface area contributed by atoms with Gasteiger partial charge in [-0.25, -0.2) is 5.10 Å². The van der Waals surface area contributed by atoms with E-state index in [1.54, 1.807) is 0 Å². The van der Waals surface area contributed by atoms with Crippen LogP contribution in [0.3, 0.4) is 0 Å². The first-order valence-corrected chi connectivity index (χ1v) is 8.66. The van der Waals surface area contributed by atoms with Crippen molar-refractivity contribution in [3.05, 3.63) is 95.8 Å². The molecule has 4 rings (SSSR count). The third kappa shape index (κ3) is 4.46. The minimum Gasteiger partial charge on any atom is -0.489 e. The van der Waals surface area contributed by atoms with E-state index in [-0.39, 0.29) is 0 Å². The molecule has 5 heteroatoms. The molecule has 0 saturated heterocycles. The first-order chi connectivity index (χ1) is 13.4. The van der Waals surface area contributed by atoms with E-state index in [2.05, 4.69) is 51.0 Å². The molecule has 0 spiro atoms. The van der Waals surface area contributed by atoms with Gasteiger partial charge in [-0.3, -0.25) is 0 Å². The first-order valence-electron chi connectivity index (χ1n) is 8.66. The normalized spacial score (nSPS) is 11.0. The van der Waals surface area contributed by atoms with Crippen molar-refractivity contribution in [2.24, 2.45) is 0 Å². The van der Waals surface area contributed by atoms with Gasteiger partial charge in [-0.2, -0.15) is 0 Å². The zero-order valence-electron chi connectivity index (χ0n) is 14.6. The van der Waals surface area contributed by atoms with E-state index in [0.717, 1.165) is 16.9 Å². The fraction of sp³-hybridized carbons (Fsp3) is 0.0455. The Morgan fingerprint density at radius 2 is 1.63 bits per heavy atom. The van der Waals surface area contributed by atoms with E-state index in [4.69, 9.17) is 4.74 Å². The van der Waals surface area contributed by atoms with Crippen LogP contribution in [0.25, 0.3) is 23.3 Å². The highest BCUT2D eigenvalue weighted by atomic mass is 16.5. The summed E-state index contributed by atoms with van der Waals surface area (Å²) in [6.45, 7) is 0.510. The maximum Gasteiger partial charge on any atom is 0.172 e. The van der Waals surface area contributed by atoms with Gasteiger partial charge in [-0.1, -0.05) is 66.7 Å². The Morgan fingerprint density at radius 1 is 0.815 bits per heavy atom. The Balaban J connectivity index is 1.39. The summed E-state index contributed by atoms with van der Waals surface area (Å²) < 4.78 is 5.93. The summed E-state index contributed by atoms with van der Waals surface area (Å²) in [4.78, 5) is 0. The predicted octanol–water partition coefficient (Wildman–Crippen LogP) is 4.62. The number of aromatic nitrogens is 4. The number of benzene rings is 3. The van der Waals surface area contributed by atoms with Crippen molar-refractivity contribution in [1.29, 1.82) is 0 Å². The largest absolute Gasteiger partial charge is 0.489 e. The predicted molar refractivity (Wildman–Crippen MR) is 106 cm³/mol. The molecule has 0 bridgehead atoms. The van der Waals surface area contributed by atoms with Crippen LogP contribution in [0.2, 0.25) is 0 Å². The SMILES string of the molecule is C(=Cc1nnn[nH]1)c1cccc(COc2ccc(-c3ccccc3)cc2)c1. The molecule has 3 aromatic carbocycles. The fourth-order valence-electron chi connectivity index (χ4n) is 2.74. The highest BCUT2D eigenvalue weighted by Crippen LogP contribution is 2.22. The summed E-state index contributed by atoms with van der Waals surface area (Å²) in [5.74, 6) is 1.47. The molecule has 0 fully saturated rings. The zero-order valence-corrected chi connectivity index (χ0v) is 14.6. The molecule has 5 nitrogen and oxygen atoms in total. The molecule has 0 aliphatic carbocycles. The van der Waals surface area contributed by atoms with Gasteiger partial charge >= 0.3 is 0 Å². The number of rotatable bonds is 6. The molecule has 0 radical (unpaired) electrons. The van der Waals surface area contributed by atoms with Crippen LogP contribution in [-0.4, -0.2) is 20.6 Å². The summed E-state index contributed by atoms with van der Waals surface area (Å²) in [5.41, 5.74) is 4.54. The Hall–Kier alpha value is -3.73. The van der Waals surface area contributed by atoms with Gasteiger partial charge in [0.25, 0.3) is 0 Å². The van der Waals surface area contributed by atoms with Crippen LogP contribution in [0, 0.1) is 0 Å². The molecule has 1 heterocycles. The van der Waals surface area contributed by atoms with Crippen LogP contribution < -0.4 is 4.74 Å². The molecule has 4 aromatic rings. The molecule has 0 amide bonds. The number of tetrazole rings is 1. The lowest BCUT2D eigenvalue weighted by Crippen LogP contribution is -1.95. The second-order valence-corrected chi connectivity index (χ2v) is 6.04.